The van der Waals surface area contributed by atoms with Crippen LogP contribution in [0, 0.1) is 5.92 Å². The smallest absolute Gasteiger partial charge is 0.320 e. The number of hydrogen-bond acceptors (Lipinski definition) is 3. The highest BCUT2D eigenvalue weighted by atomic mass is 16.5. The highest BCUT2D eigenvalue weighted by molar-refractivity contribution is 5.73. The van der Waals surface area contributed by atoms with Crippen LogP contribution in [0.5, 0.6) is 0 Å². The van der Waals surface area contributed by atoms with Gasteiger partial charge in [0.15, 0.2) is 0 Å². The molecule has 1 aliphatic rings. The lowest BCUT2D eigenvalue weighted by molar-refractivity contribution is -0.140. The minimum Gasteiger partial charge on any atom is -0.480 e. The SMILES string of the molecule is CC(C)CC(NC1CCCOCC1)C(=O)O. The lowest BCUT2D eigenvalue weighted by atomic mass is 10.0. The third-order valence-corrected chi connectivity index (χ3v) is 2.89. The van der Waals surface area contributed by atoms with E-state index in [2.05, 4.69) is 5.32 Å². The molecule has 0 aromatic rings. The first-order valence-corrected chi connectivity index (χ1v) is 6.16. The molecule has 0 aromatic carbocycles. The van der Waals surface area contributed by atoms with E-state index in [9.17, 15) is 4.79 Å². The number of carboxylic acids is 1. The van der Waals surface area contributed by atoms with Crippen molar-refractivity contribution in [2.75, 3.05) is 13.2 Å². The predicted molar refractivity (Wildman–Crippen MR) is 62.5 cm³/mol. The van der Waals surface area contributed by atoms with E-state index < -0.39 is 12.0 Å². The van der Waals surface area contributed by atoms with Gasteiger partial charge in [0.1, 0.15) is 6.04 Å². The molecule has 0 bridgehead atoms. The van der Waals surface area contributed by atoms with Gasteiger partial charge in [-0.25, -0.2) is 0 Å². The van der Waals surface area contributed by atoms with Crippen molar-refractivity contribution in [2.45, 2.75) is 51.6 Å². The quantitative estimate of drug-likeness (QED) is 0.752. The van der Waals surface area contributed by atoms with E-state index in [4.69, 9.17) is 9.84 Å². The Hall–Kier alpha value is -0.610. The monoisotopic (exact) mass is 229 g/mol. The fourth-order valence-corrected chi connectivity index (χ4v) is 2.07. The Labute approximate surface area is 97.4 Å². The van der Waals surface area contributed by atoms with Gasteiger partial charge in [-0.05, 0) is 31.6 Å². The summed E-state index contributed by atoms with van der Waals surface area (Å²) in [7, 11) is 0. The van der Waals surface area contributed by atoms with Gasteiger partial charge < -0.3 is 15.2 Å². The van der Waals surface area contributed by atoms with Gasteiger partial charge in [-0.15, -0.1) is 0 Å². The van der Waals surface area contributed by atoms with E-state index in [-0.39, 0.29) is 0 Å². The van der Waals surface area contributed by atoms with Crippen LogP contribution in [0.1, 0.15) is 39.5 Å². The summed E-state index contributed by atoms with van der Waals surface area (Å²) in [6.07, 6.45) is 3.64. The normalized spacial score (nSPS) is 24.1. The Balaban J connectivity index is 2.42. The molecule has 1 aliphatic heterocycles. The molecule has 0 spiro atoms. The molecule has 1 rings (SSSR count). The Kier molecular flexibility index (Phi) is 5.77. The fraction of sp³-hybridized carbons (Fsp3) is 0.917. The second-order valence-electron chi connectivity index (χ2n) is 4.93. The molecule has 0 aliphatic carbocycles. The van der Waals surface area contributed by atoms with Gasteiger partial charge in [0.25, 0.3) is 0 Å². The summed E-state index contributed by atoms with van der Waals surface area (Å²) in [5.74, 6) is -0.338. The van der Waals surface area contributed by atoms with Crippen molar-refractivity contribution < 1.29 is 14.6 Å². The summed E-state index contributed by atoms with van der Waals surface area (Å²) >= 11 is 0. The molecule has 2 N–H and O–H groups in total. The second-order valence-corrected chi connectivity index (χ2v) is 4.93. The standard InChI is InChI=1S/C12H23NO3/c1-9(2)8-11(12(14)15)13-10-4-3-6-16-7-5-10/h9-11,13H,3-8H2,1-2H3,(H,14,15). The lowest BCUT2D eigenvalue weighted by Crippen LogP contribution is -2.44. The Morgan fingerprint density at radius 1 is 1.44 bits per heavy atom. The van der Waals surface area contributed by atoms with Gasteiger partial charge in [-0.1, -0.05) is 13.8 Å². The molecule has 2 atom stereocenters. The van der Waals surface area contributed by atoms with E-state index in [0.717, 1.165) is 32.5 Å². The van der Waals surface area contributed by atoms with Gasteiger partial charge in [0.2, 0.25) is 0 Å². The average Bonchev–Trinajstić information content (AvgIpc) is 2.44. The summed E-state index contributed by atoms with van der Waals surface area (Å²) in [5.41, 5.74) is 0. The minimum absolute atomic E-state index is 0.294. The third kappa shape index (κ3) is 4.94. The lowest BCUT2D eigenvalue weighted by Gasteiger charge is -2.22. The van der Waals surface area contributed by atoms with Crippen molar-refractivity contribution in [2.24, 2.45) is 5.92 Å². The summed E-state index contributed by atoms with van der Waals surface area (Å²) in [4.78, 5) is 11.1. The van der Waals surface area contributed by atoms with Gasteiger partial charge >= 0.3 is 5.97 Å². The summed E-state index contributed by atoms with van der Waals surface area (Å²) in [5, 5.41) is 12.4. The molecule has 2 unspecified atom stereocenters. The van der Waals surface area contributed by atoms with Crippen molar-refractivity contribution in [3.63, 3.8) is 0 Å². The predicted octanol–water partition coefficient (Wildman–Crippen LogP) is 1.64. The van der Waals surface area contributed by atoms with E-state index in [1.807, 2.05) is 13.8 Å². The molecule has 0 aromatic heterocycles. The van der Waals surface area contributed by atoms with Crippen LogP contribution in [0.3, 0.4) is 0 Å². The Morgan fingerprint density at radius 2 is 2.19 bits per heavy atom. The van der Waals surface area contributed by atoms with Crippen molar-refractivity contribution in [3.05, 3.63) is 0 Å². The van der Waals surface area contributed by atoms with Crippen molar-refractivity contribution >= 4 is 5.97 Å². The van der Waals surface area contributed by atoms with Crippen molar-refractivity contribution in [1.29, 1.82) is 0 Å². The van der Waals surface area contributed by atoms with Crippen LogP contribution in [0.2, 0.25) is 0 Å². The maximum atomic E-state index is 11.1. The molecule has 0 amide bonds. The molecule has 0 radical (unpaired) electrons. The first-order valence-electron chi connectivity index (χ1n) is 6.16. The molecule has 1 saturated heterocycles. The van der Waals surface area contributed by atoms with E-state index in [1.165, 1.54) is 0 Å². The molecule has 4 heteroatoms. The number of ether oxygens (including phenoxy) is 1. The van der Waals surface area contributed by atoms with Crippen LogP contribution in [-0.2, 0) is 9.53 Å². The van der Waals surface area contributed by atoms with Crippen LogP contribution < -0.4 is 5.32 Å². The van der Waals surface area contributed by atoms with E-state index in [1.54, 1.807) is 0 Å². The molecule has 16 heavy (non-hydrogen) atoms. The zero-order valence-corrected chi connectivity index (χ0v) is 10.2. The molecule has 94 valence electrons. The zero-order chi connectivity index (χ0) is 12.0. The van der Waals surface area contributed by atoms with Crippen molar-refractivity contribution in [3.8, 4) is 0 Å². The topological polar surface area (TPSA) is 58.6 Å². The minimum atomic E-state index is -0.737. The third-order valence-electron chi connectivity index (χ3n) is 2.89. The summed E-state index contributed by atoms with van der Waals surface area (Å²) in [6, 6.07) is -0.120. The zero-order valence-electron chi connectivity index (χ0n) is 10.2. The van der Waals surface area contributed by atoms with Gasteiger partial charge in [-0.2, -0.15) is 0 Å². The van der Waals surface area contributed by atoms with Gasteiger partial charge in [-0.3, -0.25) is 4.79 Å². The molecular weight excluding hydrogens is 206 g/mol. The molecular formula is C12H23NO3. The van der Waals surface area contributed by atoms with Crippen molar-refractivity contribution in [1.82, 2.24) is 5.32 Å². The number of aliphatic carboxylic acids is 1. The maximum absolute atomic E-state index is 11.1. The van der Waals surface area contributed by atoms with Gasteiger partial charge in [0, 0.05) is 19.3 Å². The van der Waals surface area contributed by atoms with E-state index in [0.29, 0.717) is 18.4 Å². The highest BCUT2D eigenvalue weighted by Gasteiger charge is 2.23. The number of carbonyl (C=O) groups is 1. The van der Waals surface area contributed by atoms with Gasteiger partial charge in [0.05, 0.1) is 0 Å². The van der Waals surface area contributed by atoms with Crippen LogP contribution in [0.15, 0.2) is 0 Å². The second kappa shape index (κ2) is 6.86. The summed E-state index contributed by atoms with van der Waals surface area (Å²) < 4.78 is 5.36. The number of hydrogen-bond donors (Lipinski definition) is 2. The number of rotatable bonds is 5. The molecule has 4 nitrogen and oxygen atoms in total. The largest absolute Gasteiger partial charge is 0.480 e. The van der Waals surface area contributed by atoms with Crippen LogP contribution in [0.4, 0.5) is 0 Å². The number of carboxylic acid groups (broad SMARTS) is 1. The first-order chi connectivity index (χ1) is 7.59. The van der Waals surface area contributed by atoms with Crippen LogP contribution >= 0.6 is 0 Å². The number of nitrogens with one attached hydrogen (secondary N) is 1. The van der Waals surface area contributed by atoms with E-state index >= 15 is 0 Å². The summed E-state index contributed by atoms with van der Waals surface area (Å²) in [6.45, 7) is 5.65. The molecule has 0 saturated carbocycles. The highest BCUT2D eigenvalue weighted by Crippen LogP contribution is 2.12. The molecule has 1 heterocycles. The Bertz CT molecular complexity index is 210. The van der Waals surface area contributed by atoms with Crippen LogP contribution in [0.25, 0.3) is 0 Å². The molecule has 1 fully saturated rings. The Morgan fingerprint density at radius 3 is 2.81 bits per heavy atom. The fourth-order valence-electron chi connectivity index (χ4n) is 2.07. The average molecular weight is 229 g/mol. The first kappa shape index (κ1) is 13.5. The maximum Gasteiger partial charge on any atom is 0.320 e. The van der Waals surface area contributed by atoms with Crippen LogP contribution in [-0.4, -0.2) is 36.4 Å².